The average molecular weight is 305 g/mol. The lowest BCUT2D eigenvalue weighted by atomic mass is 10.2. The minimum Gasteiger partial charge on any atom is -0.341 e. The highest BCUT2D eigenvalue weighted by Crippen LogP contribution is 2.06. The predicted octanol–water partition coefficient (Wildman–Crippen LogP) is 1.50. The summed E-state index contributed by atoms with van der Waals surface area (Å²) in [6, 6.07) is 6.90. The molecule has 0 radical (unpaired) electrons. The summed E-state index contributed by atoms with van der Waals surface area (Å²) in [4.78, 5) is 26.0. The summed E-state index contributed by atoms with van der Waals surface area (Å²) in [7, 11) is 0. The molecular weight excluding hydrogens is 297 g/mol. The van der Waals surface area contributed by atoms with Crippen LogP contribution < -0.4 is 5.48 Å². The van der Waals surface area contributed by atoms with Crippen molar-refractivity contribution in [1.29, 1.82) is 0 Å². The zero-order chi connectivity index (χ0) is 10.6. The van der Waals surface area contributed by atoms with Gasteiger partial charge < -0.3 is 4.84 Å². The molecule has 1 N–H and O–H groups in total. The molecule has 14 heavy (non-hydrogen) atoms. The summed E-state index contributed by atoms with van der Waals surface area (Å²) < 4.78 is 1.03. The quantitative estimate of drug-likeness (QED) is 0.632. The minimum absolute atomic E-state index is 0.434. The van der Waals surface area contributed by atoms with E-state index in [1.54, 1.807) is 24.3 Å². The third kappa shape index (κ3) is 3.33. The Hall–Kier alpha value is -1.11. The van der Waals surface area contributed by atoms with Crippen molar-refractivity contribution in [2.45, 2.75) is 6.92 Å². The number of nitrogens with one attached hydrogen (secondary N) is 1. The molecule has 0 aliphatic heterocycles. The molecule has 0 bridgehead atoms. The van der Waals surface area contributed by atoms with Gasteiger partial charge in [0.2, 0.25) is 0 Å². The molecular formula is C9H8INO3. The van der Waals surface area contributed by atoms with E-state index in [1.165, 1.54) is 6.92 Å². The van der Waals surface area contributed by atoms with E-state index in [1.807, 2.05) is 5.48 Å². The molecule has 0 atom stereocenters. The van der Waals surface area contributed by atoms with Crippen molar-refractivity contribution < 1.29 is 14.4 Å². The van der Waals surface area contributed by atoms with Crippen LogP contribution in [0.15, 0.2) is 24.3 Å². The number of hydroxylamine groups is 1. The molecule has 4 nitrogen and oxygen atoms in total. The minimum atomic E-state index is -0.552. The summed E-state index contributed by atoms with van der Waals surface area (Å²) >= 11 is 2.13. The van der Waals surface area contributed by atoms with E-state index in [2.05, 4.69) is 27.4 Å². The standard InChI is InChI=1S/C9H8INO3/c1-6(12)14-11-9(13)7-2-4-8(10)5-3-7/h2-5H,1H3,(H,11,13). The van der Waals surface area contributed by atoms with Gasteiger partial charge in [-0.3, -0.25) is 9.59 Å². The van der Waals surface area contributed by atoms with Gasteiger partial charge in [-0.05, 0) is 46.9 Å². The van der Waals surface area contributed by atoms with Gasteiger partial charge in [0.15, 0.2) is 0 Å². The number of hydrogen-bond acceptors (Lipinski definition) is 3. The molecule has 0 heterocycles. The summed E-state index contributed by atoms with van der Waals surface area (Å²) in [5, 5.41) is 0. The first kappa shape index (κ1) is 11.0. The number of hydrogen-bond donors (Lipinski definition) is 1. The Morgan fingerprint density at radius 2 is 1.86 bits per heavy atom. The molecule has 0 aromatic heterocycles. The maximum Gasteiger partial charge on any atom is 0.329 e. The third-order valence-electron chi connectivity index (χ3n) is 1.39. The Kier molecular flexibility index (Phi) is 3.87. The fourth-order valence-electron chi connectivity index (χ4n) is 0.778. The Morgan fingerprint density at radius 3 is 2.36 bits per heavy atom. The molecule has 0 unspecified atom stereocenters. The van der Waals surface area contributed by atoms with Gasteiger partial charge in [-0.2, -0.15) is 5.48 Å². The number of carbonyl (C=O) groups is 2. The number of halogens is 1. The fraction of sp³-hybridized carbons (Fsp3) is 0.111. The van der Waals surface area contributed by atoms with Gasteiger partial charge in [-0.25, -0.2) is 0 Å². The molecule has 5 heteroatoms. The lowest BCUT2D eigenvalue weighted by Crippen LogP contribution is -2.25. The largest absolute Gasteiger partial charge is 0.341 e. The van der Waals surface area contributed by atoms with Crippen LogP contribution >= 0.6 is 22.6 Å². The Balaban J connectivity index is 2.61. The summed E-state index contributed by atoms with van der Waals surface area (Å²) in [5.74, 6) is -0.986. The van der Waals surface area contributed by atoms with E-state index < -0.39 is 11.9 Å². The highest BCUT2D eigenvalue weighted by atomic mass is 127. The van der Waals surface area contributed by atoms with Crippen LogP contribution in [-0.4, -0.2) is 11.9 Å². The van der Waals surface area contributed by atoms with Gasteiger partial charge in [-0.1, -0.05) is 0 Å². The van der Waals surface area contributed by atoms with Crippen LogP contribution in [0.4, 0.5) is 0 Å². The molecule has 1 aromatic rings. The van der Waals surface area contributed by atoms with Crippen LogP contribution in [0.5, 0.6) is 0 Å². The normalized spacial score (nSPS) is 9.29. The van der Waals surface area contributed by atoms with Crippen molar-refractivity contribution in [3.05, 3.63) is 33.4 Å². The van der Waals surface area contributed by atoms with Crippen molar-refractivity contribution in [3.63, 3.8) is 0 Å². The maximum atomic E-state index is 11.3. The van der Waals surface area contributed by atoms with E-state index in [4.69, 9.17) is 0 Å². The van der Waals surface area contributed by atoms with Crippen molar-refractivity contribution in [3.8, 4) is 0 Å². The van der Waals surface area contributed by atoms with Crippen LogP contribution in [0.3, 0.4) is 0 Å². The zero-order valence-corrected chi connectivity index (χ0v) is 9.57. The van der Waals surface area contributed by atoms with Gasteiger partial charge in [0.25, 0.3) is 5.91 Å². The predicted molar refractivity (Wildman–Crippen MR) is 58.4 cm³/mol. The number of benzene rings is 1. The van der Waals surface area contributed by atoms with E-state index >= 15 is 0 Å². The Labute approximate surface area is 94.7 Å². The zero-order valence-electron chi connectivity index (χ0n) is 7.41. The second-order valence-electron chi connectivity index (χ2n) is 2.53. The van der Waals surface area contributed by atoms with Crippen LogP contribution in [0.1, 0.15) is 17.3 Å². The van der Waals surface area contributed by atoms with Crippen LogP contribution in [0.2, 0.25) is 0 Å². The second kappa shape index (κ2) is 4.94. The lowest BCUT2D eigenvalue weighted by molar-refractivity contribution is -0.146. The average Bonchev–Trinajstić information content (AvgIpc) is 2.15. The highest BCUT2D eigenvalue weighted by Gasteiger charge is 2.05. The molecule has 1 amide bonds. The maximum absolute atomic E-state index is 11.3. The molecule has 0 spiro atoms. The SMILES string of the molecule is CC(=O)ONC(=O)c1ccc(I)cc1. The summed E-state index contributed by atoms with van der Waals surface area (Å²) in [5.41, 5.74) is 2.48. The smallest absolute Gasteiger partial charge is 0.329 e. The lowest BCUT2D eigenvalue weighted by Gasteiger charge is -2.02. The highest BCUT2D eigenvalue weighted by molar-refractivity contribution is 14.1. The van der Waals surface area contributed by atoms with E-state index in [0.717, 1.165) is 3.57 Å². The first-order valence-corrected chi connectivity index (χ1v) is 4.91. The monoisotopic (exact) mass is 305 g/mol. The van der Waals surface area contributed by atoms with Gasteiger partial charge in [0.05, 0.1) is 0 Å². The number of rotatable bonds is 1. The second-order valence-corrected chi connectivity index (χ2v) is 3.78. The number of carbonyl (C=O) groups excluding carboxylic acids is 2. The van der Waals surface area contributed by atoms with Crippen molar-refractivity contribution in [1.82, 2.24) is 5.48 Å². The molecule has 74 valence electrons. The summed E-state index contributed by atoms with van der Waals surface area (Å²) in [6.45, 7) is 1.22. The van der Waals surface area contributed by atoms with Gasteiger partial charge >= 0.3 is 5.97 Å². The topological polar surface area (TPSA) is 55.4 Å². The van der Waals surface area contributed by atoms with Gasteiger partial charge in [0, 0.05) is 16.1 Å². The molecule has 0 fully saturated rings. The van der Waals surface area contributed by atoms with Gasteiger partial charge in [-0.15, -0.1) is 0 Å². The first-order valence-electron chi connectivity index (χ1n) is 3.83. The first-order chi connectivity index (χ1) is 6.59. The van der Waals surface area contributed by atoms with Crippen molar-refractivity contribution in [2.24, 2.45) is 0 Å². The van der Waals surface area contributed by atoms with Crippen LogP contribution in [-0.2, 0) is 9.63 Å². The van der Waals surface area contributed by atoms with Crippen molar-refractivity contribution >= 4 is 34.5 Å². The molecule has 1 rings (SSSR count). The van der Waals surface area contributed by atoms with E-state index in [-0.39, 0.29) is 0 Å². The van der Waals surface area contributed by atoms with Crippen LogP contribution in [0.25, 0.3) is 0 Å². The Morgan fingerprint density at radius 1 is 1.29 bits per heavy atom. The van der Waals surface area contributed by atoms with Crippen LogP contribution in [0, 0.1) is 3.57 Å². The molecule has 0 saturated carbocycles. The Bertz CT molecular complexity index is 348. The molecule has 0 saturated heterocycles. The van der Waals surface area contributed by atoms with E-state index in [9.17, 15) is 9.59 Å². The third-order valence-corrected chi connectivity index (χ3v) is 2.11. The number of amides is 1. The molecule has 0 aliphatic rings. The molecule has 1 aromatic carbocycles. The molecule has 0 aliphatic carbocycles. The fourth-order valence-corrected chi connectivity index (χ4v) is 1.14. The summed E-state index contributed by atoms with van der Waals surface area (Å²) in [6.07, 6.45) is 0. The van der Waals surface area contributed by atoms with E-state index in [0.29, 0.717) is 5.56 Å². The van der Waals surface area contributed by atoms with Crippen molar-refractivity contribution in [2.75, 3.05) is 0 Å². The van der Waals surface area contributed by atoms with Gasteiger partial charge in [0.1, 0.15) is 0 Å².